The number of fused-ring (bicyclic) bond motifs is 3. The highest BCUT2D eigenvalue weighted by atomic mass is 79.9. The Balaban J connectivity index is 1.71. The molecule has 4 atom stereocenters. The maximum Gasteiger partial charge on any atom is 0.231 e. The van der Waals surface area contributed by atoms with E-state index in [4.69, 9.17) is 4.74 Å². The van der Waals surface area contributed by atoms with Crippen molar-refractivity contribution in [3.8, 4) is 11.5 Å². The second kappa shape index (κ2) is 7.55. The Morgan fingerprint density at radius 2 is 1.94 bits per heavy atom. The second-order valence-electron chi connectivity index (χ2n) is 8.41. The quantitative estimate of drug-likeness (QED) is 0.377. The van der Waals surface area contributed by atoms with Gasteiger partial charge >= 0.3 is 0 Å². The molecule has 2 amide bonds. The van der Waals surface area contributed by atoms with Crippen LogP contribution in [-0.4, -0.2) is 35.1 Å². The summed E-state index contributed by atoms with van der Waals surface area (Å²) in [5.74, 6) is -2.89. The van der Waals surface area contributed by atoms with Crippen LogP contribution in [0.4, 0.5) is 0 Å². The number of halogens is 1. The Morgan fingerprint density at radius 1 is 1.16 bits per heavy atom. The molecule has 7 nitrogen and oxygen atoms in total. The fourth-order valence-corrected chi connectivity index (χ4v) is 5.93. The molecule has 164 valence electrons. The number of ether oxygens (including phenoxy) is 1. The molecule has 1 fully saturated rings. The average Bonchev–Trinajstić information content (AvgIpc) is 3.06. The highest BCUT2D eigenvalue weighted by Gasteiger charge is 2.53. The van der Waals surface area contributed by atoms with Crippen LogP contribution in [0.5, 0.6) is 11.5 Å². The van der Waals surface area contributed by atoms with Gasteiger partial charge in [0.25, 0.3) is 0 Å². The molecule has 0 unspecified atom stereocenters. The zero-order chi connectivity index (χ0) is 22.7. The van der Waals surface area contributed by atoms with E-state index in [1.807, 2.05) is 6.08 Å². The van der Waals surface area contributed by atoms with Crippen molar-refractivity contribution in [3.05, 3.63) is 57.1 Å². The molecule has 1 aromatic rings. The van der Waals surface area contributed by atoms with Crippen molar-refractivity contribution in [1.29, 1.82) is 0 Å². The Morgan fingerprint density at radius 3 is 2.69 bits per heavy atom. The number of rotatable bonds is 3. The Labute approximate surface area is 192 Å². The molecule has 4 aliphatic rings. The number of imide groups is 1. The standard InChI is InChI=1S/C24H20BrNO6/c1-2-32-18-7-10(3-6-16(18)27)19-11-4-5-12-20(24(31)26-23(12)30)13(11)8-14-21(19)17(28)9-15(25)22(14)29/h3-4,6-7,9,12-13,19-20,27H,2,5,8H2,1H3,(H,26,30,31)/t12-,13+,19-,20-/m0/s1. The van der Waals surface area contributed by atoms with Gasteiger partial charge in [0.2, 0.25) is 11.8 Å². The smallest absolute Gasteiger partial charge is 0.231 e. The third-order valence-corrected chi connectivity index (χ3v) is 7.38. The first kappa shape index (κ1) is 20.9. The topological polar surface area (TPSA) is 110 Å². The first-order valence-corrected chi connectivity index (χ1v) is 11.3. The molecular formula is C24H20BrNO6. The molecule has 1 aliphatic heterocycles. The summed E-state index contributed by atoms with van der Waals surface area (Å²) >= 11 is 3.20. The van der Waals surface area contributed by atoms with E-state index in [2.05, 4.69) is 21.2 Å². The lowest BCUT2D eigenvalue weighted by molar-refractivity contribution is -0.126. The maximum atomic E-state index is 13.1. The largest absolute Gasteiger partial charge is 0.504 e. The van der Waals surface area contributed by atoms with Gasteiger partial charge in [0, 0.05) is 23.1 Å². The third-order valence-electron chi connectivity index (χ3n) is 6.79. The van der Waals surface area contributed by atoms with Gasteiger partial charge in [-0.1, -0.05) is 17.7 Å². The lowest BCUT2D eigenvalue weighted by Crippen LogP contribution is -2.39. The number of carbonyl (C=O) groups excluding carboxylic acids is 4. The van der Waals surface area contributed by atoms with Crippen LogP contribution in [0.2, 0.25) is 0 Å². The van der Waals surface area contributed by atoms with Crippen molar-refractivity contribution in [2.45, 2.75) is 25.7 Å². The monoisotopic (exact) mass is 497 g/mol. The van der Waals surface area contributed by atoms with Crippen LogP contribution in [0.15, 0.2) is 51.6 Å². The van der Waals surface area contributed by atoms with Gasteiger partial charge < -0.3 is 9.84 Å². The van der Waals surface area contributed by atoms with E-state index in [-0.39, 0.29) is 51.7 Å². The lowest BCUT2D eigenvalue weighted by atomic mass is 9.59. The summed E-state index contributed by atoms with van der Waals surface area (Å²) in [5, 5.41) is 12.6. The van der Waals surface area contributed by atoms with E-state index in [1.165, 1.54) is 12.1 Å². The summed E-state index contributed by atoms with van der Waals surface area (Å²) < 4.78 is 5.73. The molecule has 0 aromatic heterocycles. The number of amides is 2. The number of carbonyl (C=O) groups is 4. The van der Waals surface area contributed by atoms with E-state index in [1.54, 1.807) is 19.1 Å². The zero-order valence-corrected chi connectivity index (χ0v) is 18.8. The zero-order valence-electron chi connectivity index (χ0n) is 17.2. The molecule has 0 radical (unpaired) electrons. The number of benzene rings is 1. The fourth-order valence-electron chi connectivity index (χ4n) is 5.48. The van der Waals surface area contributed by atoms with Crippen molar-refractivity contribution in [2.75, 3.05) is 6.61 Å². The molecule has 1 aromatic carbocycles. The van der Waals surface area contributed by atoms with Crippen LogP contribution in [0.25, 0.3) is 0 Å². The Hall–Kier alpha value is -3.00. The van der Waals surface area contributed by atoms with Crippen LogP contribution in [0.1, 0.15) is 31.2 Å². The second-order valence-corrected chi connectivity index (χ2v) is 9.26. The van der Waals surface area contributed by atoms with Crippen molar-refractivity contribution in [3.63, 3.8) is 0 Å². The molecule has 32 heavy (non-hydrogen) atoms. The highest BCUT2D eigenvalue weighted by Crippen LogP contribution is 2.54. The van der Waals surface area contributed by atoms with Crippen molar-refractivity contribution in [1.82, 2.24) is 5.32 Å². The lowest BCUT2D eigenvalue weighted by Gasteiger charge is -2.42. The normalized spacial score (nSPS) is 29.1. The summed E-state index contributed by atoms with van der Waals surface area (Å²) in [6.07, 6.45) is 3.85. The van der Waals surface area contributed by atoms with E-state index >= 15 is 0 Å². The van der Waals surface area contributed by atoms with E-state index in [0.717, 1.165) is 5.57 Å². The number of aromatic hydroxyl groups is 1. The predicted octanol–water partition coefficient (Wildman–Crippen LogP) is 2.84. The number of hydrogen-bond donors (Lipinski definition) is 2. The summed E-state index contributed by atoms with van der Waals surface area (Å²) in [6.45, 7) is 2.15. The van der Waals surface area contributed by atoms with Crippen molar-refractivity contribution in [2.24, 2.45) is 17.8 Å². The number of phenols is 1. The highest BCUT2D eigenvalue weighted by molar-refractivity contribution is 9.12. The van der Waals surface area contributed by atoms with Crippen LogP contribution in [0.3, 0.4) is 0 Å². The number of hydrogen-bond acceptors (Lipinski definition) is 6. The molecule has 3 aliphatic carbocycles. The summed E-state index contributed by atoms with van der Waals surface area (Å²) in [6, 6.07) is 4.88. The summed E-state index contributed by atoms with van der Waals surface area (Å²) in [5.41, 5.74) is 2.30. The molecule has 2 N–H and O–H groups in total. The van der Waals surface area contributed by atoms with Crippen LogP contribution >= 0.6 is 15.9 Å². The van der Waals surface area contributed by atoms with Crippen molar-refractivity contribution >= 4 is 39.3 Å². The van der Waals surface area contributed by atoms with Crippen molar-refractivity contribution < 1.29 is 29.0 Å². The van der Waals surface area contributed by atoms with E-state index < -0.39 is 17.8 Å². The van der Waals surface area contributed by atoms with E-state index in [9.17, 15) is 24.3 Å². The first-order chi connectivity index (χ1) is 15.3. The molecule has 1 saturated heterocycles. The van der Waals surface area contributed by atoms with Gasteiger partial charge in [-0.3, -0.25) is 24.5 Å². The minimum Gasteiger partial charge on any atom is -0.504 e. The van der Waals surface area contributed by atoms with Gasteiger partial charge in [-0.15, -0.1) is 0 Å². The van der Waals surface area contributed by atoms with Gasteiger partial charge in [0.15, 0.2) is 23.1 Å². The molecule has 5 rings (SSSR count). The number of ketones is 2. The number of nitrogens with one attached hydrogen (secondary N) is 1. The van der Waals surface area contributed by atoms with Gasteiger partial charge in [-0.2, -0.15) is 0 Å². The molecular weight excluding hydrogens is 478 g/mol. The number of Topliss-reactive ketones (excluding diaryl/α,β-unsaturated/α-hetero) is 1. The number of allylic oxidation sites excluding steroid dienone is 6. The van der Waals surface area contributed by atoms with Gasteiger partial charge in [0.1, 0.15) is 0 Å². The van der Waals surface area contributed by atoms with Crippen LogP contribution < -0.4 is 10.1 Å². The predicted molar refractivity (Wildman–Crippen MR) is 117 cm³/mol. The average molecular weight is 498 g/mol. The third kappa shape index (κ3) is 3.00. The van der Waals surface area contributed by atoms with Crippen LogP contribution in [-0.2, 0) is 19.2 Å². The molecule has 1 heterocycles. The Kier molecular flexibility index (Phi) is 4.93. The maximum absolute atomic E-state index is 13.1. The first-order valence-electron chi connectivity index (χ1n) is 10.5. The van der Waals surface area contributed by atoms with E-state index in [0.29, 0.717) is 29.7 Å². The summed E-state index contributed by atoms with van der Waals surface area (Å²) in [7, 11) is 0. The number of phenolic OH excluding ortho intramolecular Hbond substituents is 1. The molecule has 0 saturated carbocycles. The minimum absolute atomic E-state index is 0.0238. The Bertz CT molecular complexity index is 1190. The molecule has 8 heteroatoms. The van der Waals surface area contributed by atoms with Crippen LogP contribution in [0, 0.1) is 17.8 Å². The van der Waals surface area contributed by atoms with Gasteiger partial charge in [-0.05, 0) is 59.3 Å². The van der Waals surface area contributed by atoms with Gasteiger partial charge in [0.05, 0.1) is 22.9 Å². The molecule has 0 spiro atoms. The molecule has 0 bridgehead atoms. The fraction of sp³-hybridized carbons (Fsp3) is 0.333. The summed E-state index contributed by atoms with van der Waals surface area (Å²) in [4.78, 5) is 51.1. The van der Waals surface area contributed by atoms with Gasteiger partial charge in [-0.25, -0.2) is 0 Å². The minimum atomic E-state index is -0.574. The SMILES string of the molecule is CCOc1cc([C@H]2C3=CC[C@@H]4C(=O)NC(=O)[C@@H]4[C@@H]3CC3=C2C(=O)C=C(Br)C3=O)ccc1O.